The van der Waals surface area contributed by atoms with Gasteiger partial charge in [0.25, 0.3) is 0 Å². The second kappa shape index (κ2) is 56.5. The number of ether oxygens (including phenoxy) is 2. The summed E-state index contributed by atoms with van der Waals surface area (Å²) in [7, 11) is -5.09. The van der Waals surface area contributed by atoms with E-state index >= 15 is 0 Å². The Labute approximate surface area is 492 Å². The quantitative estimate of drug-likeness (QED) is 0.0193. The molecule has 1 amide bonds. The number of aliphatic hydroxyl groups excluding tert-OH is 4. The molecule has 0 aromatic heterocycles. The first kappa shape index (κ1) is 76.3. The van der Waals surface area contributed by atoms with Crippen molar-refractivity contribution in [2.45, 2.75) is 371 Å². The van der Waals surface area contributed by atoms with Crippen LogP contribution < -0.4 is 5.32 Å². The number of carbonyl (C=O) groups is 1. The maximum absolute atomic E-state index is 13.2. The number of aliphatic hydroxyl groups is 4. The van der Waals surface area contributed by atoms with Crippen molar-refractivity contribution in [3.63, 3.8) is 0 Å². The summed E-state index contributed by atoms with van der Waals surface area (Å²) in [5.41, 5.74) is 0. The summed E-state index contributed by atoms with van der Waals surface area (Å²) in [6, 6.07) is -0.944. The summed E-state index contributed by atoms with van der Waals surface area (Å²) >= 11 is 0. The summed E-state index contributed by atoms with van der Waals surface area (Å²) < 4.78 is 47.9. The van der Waals surface area contributed by atoms with Crippen molar-refractivity contribution in [3.05, 3.63) is 36.5 Å². The second-order valence-electron chi connectivity index (χ2n) is 23.8. The number of amides is 1. The lowest BCUT2D eigenvalue weighted by molar-refractivity contribution is -0.298. The lowest BCUT2D eigenvalue weighted by Gasteiger charge is -2.41. The normalized spacial score (nSPS) is 18.8. The van der Waals surface area contributed by atoms with Gasteiger partial charge >= 0.3 is 10.4 Å². The van der Waals surface area contributed by atoms with Crippen LogP contribution in [0.3, 0.4) is 0 Å². The lowest BCUT2D eigenvalue weighted by atomic mass is 9.99. The van der Waals surface area contributed by atoms with Gasteiger partial charge in [0.1, 0.15) is 24.4 Å². The molecule has 7 unspecified atom stereocenters. The molecular formula is C67H127NO11S. The molecule has 1 aliphatic heterocycles. The van der Waals surface area contributed by atoms with Crippen LogP contribution in [0.4, 0.5) is 0 Å². The standard InChI is InChI=1S/C67H127NO11S/c1-3-5-7-9-11-13-15-17-19-21-22-23-24-25-26-27-28-29-30-31-32-33-34-35-36-37-38-39-40-41-43-45-47-49-51-53-55-57-63(71)68-60(59-77-67-65(73)66(79-80(74,75)76)64(72)62(58-69)78-67)61(70)56-54-52-50-48-46-44-42-20-18-16-14-12-10-8-6-4-2/h26-27,29-30,54,56,60-62,64-67,69-70,72-73H,3-25,28,31-53,55,57-59H2,1-2H3,(H,68,71)(H,74,75,76)/b27-26-,30-29-,56-54+. The van der Waals surface area contributed by atoms with Crippen LogP contribution in [-0.4, -0.2) is 95.4 Å². The van der Waals surface area contributed by atoms with Crippen LogP contribution >= 0.6 is 0 Å². The fourth-order valence-corrected chi connectivity index (χ4v) is 11.5. The SMILES string of the molecule is CCCCCCCCCCCCCCC/C=C\C/C=C\CCCCCCCCCCCCCCCCCCCC(=O)NC(COC1OC(CO)C(O)C(OS(=O)(=O)O)C1O)C(O)/C=C/CCCCCCCCCCCCCCCC. The molecular weight excluding hydrogens is 1030 g/mol. The molecule has 0 spiro atoms. The molecule has 80 heavy (non-hydrogen) atoms. The fourth-order valence-electron chi connectivity index (χ4n) is 11.0. The van der Waals surface area contributed by atoms with E-state index in [-0.39, 0.29) is 18.9 Å². The van der Waals surface area contributed by atoms with Crippen molar-refractivity contribution in [2.24, 2.45) is 0 Å². The smallest absolute Gasteiger partial charge is 0.394 e. The van der Waals surface area contributed by atoms with Gasteiger partial charge in [0.15, 0.2) is 6.29 Å². The summed E-state index contributed by atoms with van der Waals surface area (Å²) in [5, 5.41) is 45.0. The molecule has 0 aliphatic carbocycles. The third-order valence-corrected chi connectivity index (χ3v) is 16.6. The van der Waals surface area contributed by atoms with Gasteiger partial charge in [-0.15, -0.1) is 0 Å². The van der Waals surface area contributed by atoms with Crippen molar-refractivity contribution in [3.8, 4) is 0 Å². The molecule has 0 radical (unpaired) electrons. The van der Waals surface area contributed by atoms with Gasteiger partial charge in [0, 0.05) is 6.42 Å². The first-order valence-electron chi connectivity index (χ1n) is 33.9. The van der Waals surface area contributed by atoms with Gasteiger partial charge in [-0.25, -0.2) is 4.18 Å². The van der Waals surface area contributed by atoms with Crippen LogP contribution in [0.25, 0.3) is 0 Å². The Bertz CT molecular complexity index is 1540. The first-order valence-corrected chi connectivity index (χ1v) is 35.2. The molecule has 13 heteroatoms. The Morgan fingerprint density at radius 1 is 0.500 bits per heavy atom. The molecule has 472 valence electrons. The maximum atomic E-state index is 13.2. The minimum absolute atomic E-state index is 0.258. The van der Waals surface area contributed by atoms with E-state index in [1.165, 1.54) is 257 Å². The maximum Gasteiger partial charge on any atom is 0.397 e. The Hall–Kier alpha value is -1.68. The van der Waals surface area contributed by atoms with Gasteiger partial charge in [-0.2, -0.15) is 8.42 Å². The van der Waals surface area contributed by atoms with Crippen molar-refractivity contribution in [2.75, 3.05) is 13.2 Å². The lowest BCUT2D eigenvalue weighted by Crippen LogP contribution is -2.61. The number of unbranched alkanes of at least 4 members (excludes halogenated alkanes) is 44. The average molecular weight is 1150 g/mol. The van der Waals surface area contributed by atoms with E-state index in [4.69, 9.17) is 9.47 Å². The first-order chi connectivity index (χ1) is 39.0. The highest BCUT2D eigenvalue weighted by atomic mass is 32.3. The van der Waals surface area contributed by atoms with Crippen LogP contribution in [0.1, 0.15) is 328 Å². The zero-order valence-electron chi connectivity index (χ0n) is 51.7. The third-order valence-electron chi connectivity index (χ3n) is 16.2. The molecule has 0 saturated carbocycles. The molecule has 1 heterocycles. The summed E-state index contributed by atoms with van der Waals surface area (Å²) in [5.74, 6) is -0.258. The Morgan fingerprint density at radius 3 is 1.19 bits per heavy atom. The summed E-state index contributed by atoms with van der Waals surface area (Å²) in [4.78, 5) is 13.2. The predicted octanol–water partition coefficient (Wildman–Crippen LogP) is 17.3. The van der Waals surface area contributed by atoms with E-state index in [9.17, 15) is 38.2 Å². The van der Waals surface area contributed by atoms with Gasteiger partial charge in [0.2, 0.25) is 5.91 Å². The number of rotatable bonds is 60. The van der Waals surface area contributed by atoms with Gasteiger partial charge < -0.3 is 35.2 Å². The van der Waals surface area contributed by atoms with E-state index in [2.05, 4.69) is 47.7 Å². The molecule has 1 rings (SSSR count). The molecule has 0 aromatic carbocycles. The van der Waals surface area contributed by atoms with Crippen LogP contribution in [-0.2, 0) is 28.9 Å². The van der Waals surface area contributed by atoms with Crippen molar-refractivity contribution in [1.82, 2.24) is 5.32 Å². The molecule has 1 fully saturated rings. The number of hydrogen-bond donors (Lipinski definition) is 6. The molecule has 0 bridgehead atoms. The zero-order valence-corrected chi connectivity index (χ0v) is 52.5. The number of hydrogen-bond acceptors (Lipinski definition) is 10. The predicted molar refractivity (Wildman–Crippen MR) is 333 cm³/mol. The van der Waals surface area contributed by atoms with Crippen molar-refractivity contribution >= 4 is 16.3 Å². The molecule has 12 nitrogen and oxygen atoms in total. The van der Waals surface area contributed by atoms with E-state index in [1.54, 1.807) is 6.08 Å². The van der Waals surface area contributed by atoms with Gasteiger partial charge in [-0.3, -0.25) is 9.35 Å². The number of carbonyl (C=O) groups excluding carboxylic acids is 1. The van der Waals surface area contributed by atoms with Crippen molar-refractivity contribution in [1.29, 1.82) is 0 Å². The Balaban J connectivity index is 2.18. The highest BCUT2D eigenvalue weighted by Gasteiger charge is 2.48. The molecule has 1 aliphatic rings. The van der Waals surface area contributed by atoms with E-state index in [0.29, 0.717) is 6.42 Å². The number of allylic oxidation sites excluding steroid dienone is 5. The van der Waals surface area contributed by atoms with Crippen LogP contribution in [0.15, 0.2) is 36.5 Å². The second-order valence-corrected chi connectivity index (χ2v) is 24.8. The summed E-state index contributed by atoms with van der Waals surface area (Å²) in [6.07, 6.45) is 65.1. The monoisotopic (exact) mass is 1150 g/mol. The molecule has 1 saturated heterocycles. The number of nitrogens with one attached hydrogen (secondary N) is 1. The van der Waals surface area contributed by atoms with E-state index in [1.807, 2.05) is 6.08 Å². The zero-order chi connectivity index (χ0) is 58.3. The highest BCUT2D eigenvalue weighted by Crippen LogP contribution is 2.26. The average Bonchev–Trinajstić information content (AvgIpc) is 3.43. The Morgan fingerprint density at radius 2 is 0.838 bits per heavy atom. The minimum atomic E-state index is -5.09. The Kier molecular flexibility index (Phi) is 53.9. The van der Waals surface area contributed by atoms with E-state index in [0.717, 1.165) is 44.9 Å². The van der Waals surface area contributed by atoms with Crippen LogP contribution in [0.2, 0.25) is 0 Å². The molecule has 7 atom stereocenters. The minimum Gasteiger partial charge on any atom is -0.394 e. The topological polar surface area (TPSA) is 192 Å². The van der Waals surface area contributed by atoms with Gasteiger partial charge in [-0.1, -0.05) is 307 Å². The van der Waals surface area contributed by atoms with Crippen LogP contribution in [0.5, 0.6) is 0 Å². The van der Waals surface area contributed by atoms with Crippen LogP contribution in [0, 0.1) is 0 Å². The van der Waals surface area contributed by atoms with Gasteiger partial charge in [0.05, 0.1) is 25.4 Å². The summed E-state index contributed by atoms with van der Waals surface area (Å²) in [6.45, 7) is 3.44. The van der Waals surface area contributed by atoms with Crippen molar-refractivity contribution < 1.29 is 51.8 Å². The fraction of sp³-hybridized carbons (Fsp3) is 0.896. The van der Waals surface area contributed by atoms with E-state index < -0.39 is 59.9 Å². The highest BCUT2D eigenvalue weighted by molar-refractivity contribution is 7.80. The largest absolute Gasteiger partial charge is 0.397 e. The molecule has 0 aromatic rings. The van der Waals surface area contributed by atoms with Gasteiger partial charge in [-0.05, 0) is 51.4 Å². The third kappa shape index (κ3) is 47.7. The molecule has 6 N–H and O–H groups in total.